The molecule has 0 spiro atoms. The van der Waals surface area contributed by atoms with Gasteiger partial charge in [0.05, 0.1) is 4.90 Å². The minimum absolute atomic E-state index is 0.0503. The van der Waals surface area contributed by atoms with Crippen LogP contribution >= 0.6 is 22.9 Å². The average Bonchev–Trinajstić information content (AvgIpc) is 2.85. The summed E-state index contributed by atoms with van der Waals surface area (Å²) in [4.78, 5) is 4.07. The van der Waals surface area contributed by atoms with Crippen LogP contribution in [0.4, 0.5) is 5.13 Å². The summed E-state index contributed by atoms with van der Waals surface area (Å²) >= 11 is 6.86. The van der Waals surface area contributed by atoms with Gasteiger partial charge in [0.2, 0.25) is 0 Å². The molecule has 1 aromatic heterocycles. The van der Waals surface area contributed by atoms with Gasteiger partial charge in [-0.2, -0.15) is 0 Å². The molecule has 0 fully saturated rings. The van der Waals surface area contributed by atoms with Crippen LogP contribution in [-0.4, -0.2) is 24.3 Å². The summed E-state index contributed by atoms with van der Waals surface area (Å²) in [7, 11) is -3.74. The summed E-state index contributed by atoms with van der Waals surface area (Å²) in [6, 6.07) is 5.91. The van der Waals surface area contributed by atoms with Gasteiger partial charge in [-0.1, -0.05) is 22.8 Å². The Kier molecular flexibility index (Phi) is 4.26. The van der Waals surface area contributed by atoms with E-state index in [2.05, 4.69) is 14.9 Å². The first kappa shape index (κ1) is 14.8. The number of sulfonamides is 1. The topological polar surface area (TPSA) is 91.7 Å². The molecule has 0 atom stereocenters. The van der Waals surface area contributed by atoms with Crippen LogP contribution in [0.5, 0.6) is 0 Å². The summed E-state index contributed by atoms with van der Waals surface area (Å²) in [6.45, 7) is 1.56. The Morgan fingerprint density at radius 3 is 2.90 bits per heavy atom. The van der Waals surface area contributed by atoms with E-state index in [4.69, 9.17) is 16.8 Å². The van der Waals surface area contributed by atoms with Crippen molar-refractivity contribution in [3.63, 3.8) is 0 Å². The molecule has 0 bridgehead atoms. The predicted octanol–water partition coefficient (Wildman–Crippen LogP) is 2.80. The highest BCUT2D eigenvalue weighted by atomic mass is 35.5. The summed E-state index contributed by atoms with van der Waals surface area (Å²) < 4.78 is 26.6. The maximum atomic E-state index is 12.1. The van der Waals surface area contributed by atoms with E-state index in [9.17, 15) is 8.42 Å². The number of hydrogen-bond donors (Lipinski definition) is 2. The number of aromatic nitrogens is 1. The Bertz CT molecular complexity index is 756. The van der Waals surface area contributed by atoms with Crippen LogP contribution in [0.3, 0.4) is 0 Å². The lowest BCUT2D eigenvalue weighted by Gasteiger charge is -2.05. The largest absolute Gasteiger partial charge is 0.411 e. The van der Waals surface area contributed by atoms with Crippen molar-refractivity contribution in [2.45, 2.75) is 11.8 Å². The van der Waals surface area contributed by atoms with Crippen molar-refractivity contribution in [3.05, 3.63) is 40.4 Å². The Labute approximate surface area is 124 Å². The van der Waals surface area contributed by atoms with Crippen molar-refractivity contribution < 1.29 is 13.6 Å². The zero-order chi connectivity index (χ0) is 14.8. The van der Waals surface area contributed by atoms with E-state index in [1.807, 2.05) is 0 Å². The number of thiazole rings is 1. The molecule has 2 N–H and O–H groups in total. The maximum absolute atomic E-state index is 12.1. The molecule has 0 saturated heterocycles. The summed E-state index contributed by atoms with van der Waals surface area (Å²) in [5, 5.41) is 13.7. The second-order valence-electron chi connectivity index (χ2n) is 3.79. The van der Waals surface area contributed by atoms with Crippen LogP contribution in [-0.2, 0) is 10.0 Å². The standard InChI is InChI=1S/C11H10ClN3O3S2/c1-7(14-16)10-6-19-11(13-10)15-20(17,18)9-4-2-3-8(12)5-9/h2-6,16H,1H3,(H,13,15). The fraction of sp³-hybridized carbons (Fsp3) is 0.0909. The molecule has 0 unspecified atom stereocenters. The van der Waals surface area contributed by atoms with Gasteiger partial charge in [0.15, 0.2) is 5.13 Å². The first-order valence-electron chi connectivity index (χ1n) is 5.35. The van der Waals surface area contributed by atoms with Gasteiger partial charge in [0.25, 0.3) is 10.0 Å². The minimum Gasteiger partial charge on any atom is -0.411 e. The average molecular weight is 332 g/mol. The number of hydrogen-bond acceptors (Lipinski definition) is 6. The normalized spacial score (nSPS) is 12.4. The molecule has 0 aliphatic carbocycles. The summed E-state index contributed by atoms with van der Waals surface area (Å²) in [5.41, 5.74) is 0.704. The Morgan fingerprint density at radius 1 is 1.50 bits per heavy atom. The molecule has 2 rings (SSSR count). The van der Waals surface area contributed by atoms with Gasteiger partial charge in [0.1, 0.15) is 11.4 Å². The molecule has 0 aliphatic rings. The third-order valence-electron chi connectivity index (χ3n) is 2.35. The highest BCUT2D eigenvalue weighted by molar-refractivity contribution is 7.93. The SMILES string of the molecule is CC(=NO)c1csc(NS(=O)(=O)c2cccc(Cl)c2)n1. The fourth-order valence-corrected chi connectivity index (χ4v) is 3.65. The van der Waals surface area contributed by atoms with Crippen molar-refractivity contribution in [2.75, 3.05) is 4.72 Å². The zero-order valence-corrected chi connectivity index (χ0v) is 12.6. The molecular formula is C11H10ClN3O3S2. The van der Waals surface area contributed by atoms with E-state index in [0.717, 1.165) is 11.3 Å². The van der Waals surface area contributed by atoms with E-state index in [1.165, 1.54) is 12.1 Å². The number of halogens is 1. The van der Waals surface area contributed by atoms with Crippen LogP contribution in [0.1, 0.15) is 12.6 Å². The van der Waals surface area contributed by atoms with E-state index in [0.29, 0.717) is 16.4 Å². The third kappa shape index (κ3) is 3.27. The Morgan fingerprint density at radius 2 is 2.25 bits per heavy atom. The second kappa shape index (κ2) is 5.78. The smallest absolute Gasteiger partial charge is 0.263 e. The molecule has 0 saturated carbocycles. The van der Waals surface area contributed by atoms with Crippen molar-refractivity contribution in [2.24, 2.45) is 5.16 Å². The molecular weight excluding hydrogens is 322 g/mol. The molecule has 2 aromatic rings. The molecule has 0 aliphatic heterocycles. The van der Waals surface area contributed by atoms with Crippen molar-refractivity contribution >= 4 is 43.8 Å². The van der Waals surface area contributed by atoms with Crippen LogP contribution in [0.2, 0.25) is 5.02 Å². The lowest BCUT2D eigenvalue weighted by atomic mass is 10.3. The molecule has 106 valence electrons. The second-order valence-corrected chi connectivity index (χ2v) is 6.76. The number of oxime groups is 1. The van der Waals surface area contributed by atoms with E-state index < -0.39 is 10.0 Å². The number of benzene rings is 1. The van der Waals surface area contributed by atoms with Gasteiger partial charge >= 0.3 is 0 Å². The summed E-state index contributed by atoms with van der Waals surface area (Å²) in [6.07, 6.45) is 0. The lowest BCUT2D eigenvalue weighted by molar-refractivity contribution is 0.319. The van der Waals surface area contributed by atoms with Gasteiger partial charge in [-0.25, -0.2) is 13.4 Å². The van der Waals surface area contributed by atoms with Crippen molar-refractivity contribution in [1.82, 2.24) is 4.98 Å². The van der Waals surface area contributed by atoms with Crippen LogP contribution in [0.25, 0.3) is 0 Å². The Hall–Kier alpha value is -1.64. The number of anilines is 1. The maximum Gasteiger partial charge on any atom is 0.263 e. The van der Waals surface area contributed by atoms with Gasteiger partial charge in [0, 0.05) is 10.4 Å². The van der Waals surface area contributed by atoms with Crippen LogP contribution in [0, 0.1) is 0 Å². The van der Waals surface area contributed by atoms with Crippen molar-refractivity contribution in [1.29, 1.82) is 0 Å². The number of rotatable bonds is 4. The molecule has 1 heterocycles. The first-order valence-corrected chi connectivity index (χ1v) is 8.09. The van der Waals surface area contributed by atoms with E-state index in [-0.39, 0.29) is 10.0 Å². The quantitative estimate of drug-likeness (QED) is 0.512. The van der Waals surface area contributed by atoms with Crippen LogP contribution in [0.15, 0.2) is 39.7 Å². The zero-order valence-electron chi connectivity index (χ0n) is 10.2. The van der Waals surface area contributed by atoms with E-state index >= 15 is 0 Å². The number of nitrogens with zero attached hydrogens (tertiary/aromatic N) is 2. The third-order valence-corrected chi connectivity index (χ3v) is 4.81. The van der Waals surface area contributed by atoms with Gasteiger partial charge in [-0.3, -0.25) is 4.72 Å². The highest BCUT2D eigenvalue weighted by Gasteiger charge is 2.17. The van der Waals surface area contributed by atoms with Gasteiger partial charge in [-0.05, 0) is 25.1 Å². The monoisotopic (exact) mass is 331 g/mol. The molecule has 0 amide bonds. The molecule has 20 heavy (non-hydrogen) atoms. The highest BCUT2D eigenvalue weighted by Crippen LogP contribution is 2.22. The summed E-state index contributed by atoms with van der Waals surface area (Å²) in [5.74, 6) is 0. The molecule has 6 nitrogen and oxygen atoms in total. The Balaban J connectivity index is 2.27. The molecule has 0 radical (unpaired) electrons. The van der Waals surface area contributed by atoms with Crippen LogP contribution < -0.4 is 4.72 Å². The van der Waals surface area contributed by atoms with Gasteiger partial charge in [-0.15, -0.1) is 11.3 Å². The first-order chi connectivity index (χ1) is 9.42. The lowest BCUT2D eigenvalue weighted by Crippen LogP contribution is -2.13. The van der Waals surface area contributed by atoms with Gasteiger partial charge < -0.3 is 5.21 Å². The predicted molar refractivity (Wildman–Crippen MR) is 78.4 cm³/mol. The number of nitrogens with one attached hydrogen (secondary N) is 1. The fourth-order valence-electron chi connectivity index (χ4n) is 1.35. The van der Waals surface area contributed by atoms with Crippen molar-refractivity contribution in [3.8, 4) is 0 Å². The molecule has 9 heteroatoms. The van der Waals surface area contributed by atoms with E-state index in [1.54, 1.807) is 24.4 Å². The minimum atomic E-state index is -3.74. The molecule has 1 aromatic carbocycles.